The van der Waals surface area contributed by atoms with Crippen LogP contribution in [0.3, 0.4) is 0 Å². The summed E-state index contributed by atoms with van der Waals surface area (Å²) in [6, 6.07) is 5.09. The normalized spacial score (nSPS) is 11.1. The van der Waals surface area contributed by atoms with Crippen LogP contribution in [0, 0.1) is 5.82 Å². The molecule has 0 spiro atoms. The summed E-state index contributed by atoms with van der Waals surface area (Å²) >= 11 is 0. The Morgan fingerprint density at radius 1 is 1.39 bits per heavy atom. The number of aryl methyl sites for hydroxylation is 1. The van der Waals surface area contributed by atoms with E-state index in [1.807, 2.05) is 31.4 Å². The third-order valence-corrected chi connectivity index (χ3v) is 2.76. The van der Waals surface area contributed by atoms with Crippen LogP contribution >= 0.6 is 0 Å². The van der Waals surface area contributed by atoms with Crippen molar-refractivity contribution in [2.24, 2.45) is 7.05 Å². The van der Waals surface area contributed by atoms with Gasteiger partial charge in [0, 0.05) is 37.5 Å². The van der Waals surface area contributed by atoms with E-state index in [0.29, 0.717) is 12.1 Å². The van der Waals surface area contributed by atoms with Crippen molar-refractivity contribution in [2.45, 2.75) is 13.1 Å². The van der Waals surface area contributed by atoms with Crippen LogP contribution in [-0.2, 0) is 20.1 Å². The van der Waals surface area contributed by atoms with Crippen molar-refractivity contribution in [3.05, 3.63) is 47.5 Å². The van der Waals surface area contributed by atoms with E-state index in [1.54, 1.807) is 22.9 Å². The van der Waals surface area contributed by atoms with E-state index < -0.39 is 0 Å². The van der Waals surface area contributed by atoms with Gasteiger partial charge in [-0.25, -0.2) is 4.39 Å². The van der Waals surface area contributed by atoms with Crippen LogP contribution in [0.2, 0.25) is 0 Å². The number of anilines is 1. The fraction of sp³-hybridized carbons (Fsp3) is 0.308. The fourth-order valence-corrected chi connectivity index (χ4v) is 1.93. The molecule has 1 heterocycles. The Kier molecular flexibility index (Phi) is 3.62. The highest BCUT2D eigenvalue weighted by atomic mass is 19.1. The van der Waals surface area contributed by atoms with Crippen molar-refractivity contribution in [2.75, 3.05) is 12.8 Å². The molecule has 0 aliphatic carbocycles. The molecule has 0 amide bonds. The molecule has 1 aromatic heterocycles. The third kappa shape index (κ3) is 2.87. The van der Waals surface area contributed by atoms with Crippen LogP contribution in [0.4, 0.5) is 10.1 Å². The first-order valence-electron chi connectivity index (χ1n) is 5.75. The Hall–Kier alpha value is -1.88. The molecule has 0 bridgehead atoms. The molecule has 2 aromatic rings. The second-order valence-electron chi connectivity index (χ2n) is 4.51. The number of hydrogen-bond acceptors (Lipinski definition) is 3. The molecule has 18 heavy (non-hydrogen) atoms. The molecule has 0 unspecified atom stereocenters. The number of nitrogens with two attached hydrogens (primary N) is 1. The fourth-order valence-electron chi connectivity index (χ4n) is 1.93. The molecule has 0 fully saturated rings. The predicted molar refractivity (Wildman–Crippen MR) is 69.2 cm³/mol. The number of rotatable bonds is 4. The van der Waals surface area contributed by atoms with Crippen molar-refractivity contribution >= 4 is 5.69 Å². The van der Waals surface area contributed by atoms with Gasteiger partial charge in [0.2, 0.25) is 0 Å². The van der Waals surface area contributed by atoms with E-state index in [4.69, 9.17) is 5.73 Å². The van der Waals surface area contributed by atoms with Gasteiger partial charge in [-0.1, -0.05) is 12.1 Å². The number of hydrogen-bond donors (Lipinski definition) is 1. The van der Waals surface area contributed by atoms with Gasteiger partial charge in [-0.05, 0) is 13.1 Å². The monoisotopic (exact) mass is 248 g/mol. The second kappa shape index (κ2) is 5.18. The smallest absolute Gasteiger partial charge is 0.150 e. The molecule has 2 N–H and O–H groups in total. The molecule has 5 heteroatoms. The van der Waals surface area contributed by atoms with E-state index in [9.17, 15) is 4.39 Å². The minimum Gasteiger partial charge on any atom is -0.396 e. The first kappa shape index (κ1) is 12.6. The Labute approximate surface area is 106 Å². The molecule has 0 saturated carbocycles. The van der Waals surface area contributed by atoms with Crippen molar-refractivity contribution in [1.82, 2.24) is 14.7 Å². The average molecular weight is 248 g/mol. The van der Waals surface area contributed by atoms with E-state index in [2.05, 4.69) is 5.10 Å². The lowest BCUT2D eigenvalue weighted by molar-refractivity contribution is 0.314. The first-order chi connectivity index (χ1) is 8.56. The van der Waals surface area contributed by atoms with Gasteiger partial charge < -0.3 is 5.73 Å². The number of benzene rings is 1. The van der Waals surface area contributed by atoms with Gasteiger partial charge in [0.15, 0.2) is 5.82 Å². The molecule has 0 saturated heterocycles. The minimum atomic E-state index is -0.324. The first-order valence-corrected chi connectivity index (χ1v) is 5.75. The number of nitrogens with zero attached hydrogens (tertiary/aromatic N) is 3. The predicted octanol–water partition coefficient (Wildman–Crippen LogP) is 1.77. The van der Waals surface area contributed by atoms with Gasteiger partial charge in [-0.3, -0.25) is 9.58 Å². The van der Waals surface area contributed by atoms with Crippen LogP contribution in [0.5, 0.6) is 0 Å². The maximum Gasteiger partial charge on any atom is 0.150 e. The van der Waals surface area contributed by atoms with Crippen molar-refractivity contribution in [3.63, 3.8) is 0 Å². The van der Waals surface area contributed by atoms with Crippen LogP contribution in [0.25, 0.3) is 0 Å². The van der Waals surface area contributed by atoms with E-state index in [-0.39, 0.29) is 11.5 Å². The Morgan fingerprint density at radius 2 is 2.17 bits per heavy atom. The van der Waals surface area contributed by atoms with Gasteiger partial charge in [-0.2, -0.15) is 5.10 Å². The molecular weight excluding hydrogens is 231 g/mol. The SMILES string of the molecule is CN(Cc1cnn(C)c1)Cc1cccc(N)c1F. The largest absolute Gasteiger partial charge is 0.396 e. The second-order valence-corrected chi connectivity index (χ2v) is 4.51. The summed E-state index contributed by atoms with van der Waals surface area (Å²) in [6.07, 6.45) is 3.76. The van der Waals surface area contributed by atoms with Crippen molar-refractivity contribution in [1.29, 1.82) is 0 Å². The zero-order chi connectivity index (χ0) is 13.1. The highest BCUT2D eigenvalue weighted by Crippen LogP contribution is 2.16. The highest BCUT2D eigenvalue weighted by molar-refractivity contribution is 5.42. The maximum absolute atomic E-state index is 13.7. The summed E-state index contributed by atoms with van der Waals surface area (Å²) in [6.45, 7) is 1.24. The Balaban J connectivity index is 2.03. The molecule has 0 radical (unpaired) electrons. The van der Waals surface area contributed by atoms with Gasteiger partial charge >= 0.3 is 0 Å². The summed E-state index contributed by atoms with van der Waals surface area (Å²) in [4.78, 5) is 2.02. The molecule has 0 atom stereocenters. The van der Waals surface area contributed by atoms with Gasteiger partial charge in [0.05, 0.1) is 11.9 Å². The number of nitrogen functional groups attached to an aromatic ring is 1. The lowest BCUT2D eigenvalue weighted by Gasteiger charge is -2.16. The summed E-state index contributed by atoms with van der Waals surface area (Å²) < 4.78 is 15.5. The molecule has 0 aliphatic rings. The van der Waals surface area contributed by atoms with E-state index in [0.717, 1.165) is 12.1 Å². The van der Waals surface area contributed by atoms with Gasteiger partial charge in [0.25, 0.3) is 0 Å². The van der Waals surface area contributed by atoms with Crippen LogP contribution in [-0.4, -0.2) is 21.7 Å². The zero-order valence-electron chi connectivity index (χ0n) is 10.6. The van der Waals surface area contributed by atoms with Crippen molar-refractivity contribution < 1.29 is 4.39 Å². The van der Waals surface area contributed by atoms with E-state index >= 15 is 0 Å². The van der Waals surface area contributed by atoms with Crippen molar-refractivity contribution in [3.8, 4) is 0 Å². The highest BCUT2D eigenvalue weighted by Gasteiger charge is 2.09. The third-order valence-electron chi connectivity index (χ3n) is 2.76. The molecule has 96 valence electrons. The molecule has 1 aromatic carbocycles. The summed E-state index contributed by atoms with van der Waals surface area (Å²) in [7, 11) is 3.82. The molecular formula is C13H17FN4. The zero-order valence-corrected chi connectivity index (χ0v) is 10.6. The minimum absolute atomic E-state index is 0.197. The summed E-state index contributed by atoms with van der Waals surface area (Å²) in [5.74, 6) is -0.324. The standard InChI is InChI=1S/C13H17FN4/c1-17(7-10-6-16-18(2)8-10)9-11-4-3-5-12(15)13(11)14/h3-6,8H,7,9,15H2,1-2H3. The molecule has 4 nitrogen and oxygen atoms in total. The van der Waals surface area contributed by atoms with Gasteiger partial charge in [-0.15, -0.1) is 0 Å². The maximum atomic E-state index is 13.7. The summed E-state index contributed by atoms with van der Waals surface area (Å²) in [5, 5.41) is 4.10. The Morgan fingerprint density at radius 3 is 2.83 bits per heavy atom. The lowest BCUT2D eigenvalue weighted by Crippen LogP contribution is -2.18. The summed E-state index contributed by atoms with van der Waals surface area (Å²) in [5.41, 5.74) is 7.46. The lowest BCUT2D eigenvalue weighted by atomic mass is 10.1. The number of halogens is 1. The Bertz CT molecular complexity index is 536. The van der Waals surface area contributed by atoms with E-state index in [1.165, 1.54) is 0 Å². The van der Waals surface area contributed by atoms with Gasteiger partial charge in [0.1, 0.15) is 0 Å². The quantitative estimate of drug-likeness (QED) is 0.839. The molecule has 2 rings (SSSR count). The van der Waals surface area contributed by atoms with Crippen LogP contribution < -0.4 is 5.73 Å². The van der Waals surface area contributed by atoms with Crippen LogP contribution in [0.1, 0.15) is 11.1 Å². The average Bonchev–Trinajstić information content (AvgIpc) is 2.70. The molecule has 0 aliphatic heterocycles. The van der Waals surface area contributed by atoms with Crippen LogP contribution in [0.15, 0.2) is 30.6 Å². The number of aromatic nitrogens is 2. The topological polar surface area (TPSA) is 47.1 Å².